The molecule has 0 atom stereocenters. The van der Waals surface area contributed by atoms with Crippen LogP contribution in [0.5, 0.6) is 0 Å². The van der Waals surface area contributed by atoms with Gasteiger partial charge in [0.2, 0.25) is 5.91 Å². The second-order valence-corrected chi connectivity index (χ2v) is 8.10. The quantitative estimate of drug-likeness (QED) is 0.553. The van der Waals surface area contributed by atoms with Crippen LogP contribution in [0.25, 0.3) is 0 Å². The lowest BCUT2D eigenvalue weighted by Crippen LogP contribution is -2.44. The fraction of sp³-hybridized carbons (Fsp3) is 0.381. The van der Waals surface area contributed by atoms with Crippen molar-refractivity contribution in [3.8, 4) is 0 Å². The molecule has 2 heterocycles. The number of pyridine rings is 1. The molecule has 1 aliphatic rings. The molecule has 3 rings (SSSR count). The van der Waals surface area contributed by atoms with Crippen molar-refractivity contribution < 1.29 is 14.0 Å². The highest BCUT2D eigenvalue weighted by atomic mass is 32.2. The van der Waals surface area contributed by atoms with Gasteiger partial charge in [-0.1, -0.05) is 12.1 Å². The van der Waals surface area contributed by atoms with E-state index in [4.69, 9.17) is 0 Å². The van der Waals surface area contributed by atoms with E-state index in [0.29, 0.717) is 17.0 Å². The minimum atomic E-state index is -0.487. The number of amides is 1. The number of carbonyl (C=O) groups is 2. The Morgan fingerprint density at radius 1 is 1.17 bits per heavy atom. The summed E-state index contributed by atoms with van der Waals surface area (Å²) in [6.07, 6.45) is 1.78. The SMILES string of the molecule is CC(=O)c1ccc(SCC(=O)NCc2ccc(N3CCN(C)CC3)nc2)c(F)c1. The highest BCUT2D eigenvalue weighted by Gasteiger charge is 2.15. The van der Waals surface area contributed by atoms with Gasteiger partial charge in [-0.2, -0.15) is 0 Å². The van der Waals surface area contributed by atoms with Gasteiger partial charge in [-0.15, -0.1) is 11.8 Å². The topological polar surface area (TPSA) is 65.5 Å². The van der Waals surface area contributed by atoms with Crippen molar-refractivity contribution in [1.82, 2.24) is 15.2 Å². The number of likely N-dealkylation sites (N-methyl/N-ethyl adjacent to an activating group) is 1. The van der Waals surface area contributed by atoms with Gasteiger partial charge in [0, 0.05) is 49.4 Å². The number of nitrogens with one attached hydrogen (secondary N) is 1. The number of halogens is 1. The Labute approximate surface area is 174 Å². The van der Waals surface area contributed by atoms with Gasteiger partial charge in [0.15, 0.2) is 5.78 Å². The maximum Gasteiger partial charge on any atom is 0.230 e. The van der Waals surface area contributed by atoms with Crippen molar-refractivity contribution in [2.45, 2.75) is 18.4 Å². The van der Waals surface area contributed by atoms with Crippen LogP contribution in [0, 0.1) is 5.82 Å². The van der Waals surface area contributed by atoms with Gasteiger partial charge in [-0.3, -0.25) is 9.59 Å². The zero-order valence-corrected chi connectivity index (χ0v) is 17.5. The summed E-state index contributed by atoms with van der Waals surface area (Å²) >= 11 is 1.11. The fourth-order valence-electron chi connectivity index (χ4n) is 2.98. The lowest BCUT2D eigenvalue weighted by Gasteiger charge is -2.33. The summed E-state index contributed by atoms with van der Waals surface area (Å²) in [5.74, 6) is 0.189. The van der Waals surface area contributed by atoms with Crippen molar-refractivity contribution in [2.24, 2.45) is 0 Å². The van der Waals surface area contributed by atoms with Crippen molar-refractivity contribution in [3.63, 3.8) is 0 Å². The zero-order chi connectivity index (χ0) is 20.8. The van der Waals surface area contributed by atoms with E-state index >= 15 is 0 Å². The van der Waals surface area contributed by atoms with Crippen molar-refractivity contribution in [3.05, 3.63) is 53.5 Å². The molecule has 6 nitrogen and oxygen atoms in total. The summed E-state index contributed by atoms with van der Waals surface area (Å²) < 4.78 is 14.0. The maximum atomic E-state index is 14.0. The second-order valence-electron chi connectivity index (χ2n) is 7.08. The summed E-state index contributed by atoms with van der Waals surface area (Å²) in [6.45, 7) is 5.73. The third-order valence-electron chi connectivity index (χ3n) is 4.82. The van der Waals surface area contributed by atoms with Crippen LogP contribution in [0.2, 0.25) is 0 Å². The first-order valence-electron chi connectivity index (χ1n) is 9.51. The van der Waals surface area contributed by atoms with Crippen LogP contribution in [0.1, 0.15) is 22.8 Å². The predicted octanol–water partition coefficient (Wildman–Crippen LogP) is 2.58. The highest BCUT2D eigenvalue weighted by Crippen LogP contribution is 2.22. The minimum absolute atomic E-state index is 0.100. The number of nitrogens with zero attached hydrogens (tertiary/aromatic N) is 3. The zero-order valence-electron chi connectivity index (χ0n) is 16.7. The van der Waals surface area contributed by atoms with Crippen LogP contribution in [-0.4, -0.2) is 60.6 Å². The molecule has 0 unspecified atom stereocenters. The Morgan fingerprint density at radius 3 is 2.55 bits per heavy atom. The van der Waals surface area contributed by atoms with Crippen LogP contribution in [0.4, 0.5) is 10.2 Å². The molecule has 1 N–H and O–H groups in total. The Balaban J connectivity index is 1.45. The Bertz CT molecular complexity index is 867. The minimum Gasteiger partial charge on any atom is -0.354 e. The van der Waals surface area contributed by atoms with Crippen LogP contribution < -0.4 is 10.2 Å². The van der Waals surface area contributed by atoms with E-state index in [-0.39, 0.29) is 17.4 Å². The number of benzene rings is 1. The standard InChI is InChI=1S/C21H25FN4O2S/c1-15(27)17-4-5-19(18(22)11-17)29-14-21(28)24-13-16-3-6-20(23-12-16)26-9-7-25(2)8-10-26/h3-6,11-12H,7-10,13-14H2,1-2H3,(H,24,28). The van der Waals surface area contributed by atoms with Gasteiger partial charge in [0.25, 0.3) is 0 Å². The third kappa shape index (κ3) is 6.01. The predicted molar refractivity (Wildman–Crippen MR) is 113 cm³/mol. The highest BCUT2D eigenvalue weighted by molar-refractivity contribution is 8.00. The van der Waals surface area contributed by atoms with Crippen molar-refractivity contribution in [1.29, 1.82) is 0 Å². The van der Waals surface area contributed by atoms with E-state index in [9.17, 15) is 14.0 Å². The Morgan fingerprint density at radius 2 is 1.93 bits per heavy atom. The van der Waals surface area contributed by atoms with Crippen LogP contribution in [0.15, 0.2) is 41.4 Å². The summed E-state index contributed by atoms with van der Waals surface area (Å²) in [7, 11) is 2.12. The molecule has 154 valence electrons. The number of hydrogen-bond acceptors (Lipinski definition) is 6. The van der Waals surface area contributed by atoms with Crippen LogP contribution in [0.3, 0.4) is 0 Å². The average molecular weight is 417 g/mol. The number of ketones is 1. The van der Waals surface area contributed by atoms with Gasteiger partial charge < -0.3 is 15.1 Å². The van der Waals surface area contributed by atoms with E-state index in [0.717, 1.165) is 49.3 Å². The molecule has 1 aromatic carbocycles. The van der Waals surface area contributed by atoms with E-state index in [1.807, 2.05) is 12.1 Å². The van der Waals surface area contributed by atoms with Gasteiger partial charge in [0.05, 0.1) is 5.75 Å². The Hall–Kier alpha value is -2.45. The molecule has 1 amide bonds. The number of aromatic nitrogens is 1. The molecule has 8 heteroatoms. The van der Waals surface area contributed by atoms with Crippen molar-refractivity contribution in [2.75, 3.05) is 43.9 Å². The number of hydrogen-bond donors (Lipinski definition) is 1. The first kappa shape index (κ1) is 21.3. The van der Waals surface area contributed by atoms with Gasteiger partial charge in [-0.05, 0) is 37.7 Å². The third-order valence-corrected chi connectivity index (χ3v) is 5.87. The van der Waals surface area contributed by atoms with Gasteiger partial charge in [-0.25, -0.2) is 9.37 Å². The number of piperazine rings is 1. The maximum absolute atomic E-state index is 14.0. The van der Waals surface area contributed by atoms with Crippen molar-refractivity contribution >= 4 is 29.3 Å². The molecule has 0 spiro atoms. The smallest absolute Gasteiger partial charge is 0.230 e. The van der Waals surface area contributed by atoms with E-state index in [1.54, 1.807) is 12.3 Å². The van der Waals surface area contributed by atoms with Gasteiger partial charge in [0.1, 0.15) is 11.6 Å². The Kier molecular flexibility index (Phi) is 7.22. The molecule has 1 aromatic heterocycles. The molecule has 0 aliphatic carbocycles. The first-order chi connectivity index (χ1) is 13.9. The monoisotopic (exact) mass is 416 g/mol. The summed E-state index contributed by atoms with van der Waals surface area (Å²) in [5, 5.41) is 2.83. The van der Waals surface area contributed by atoms with E-state index < -0.39 is 5.82 Å². The van der Waals surface area contributed by atoms with Crippen LogP contribution >= 0.6 is 11.8 Å². The molecular formula is C21H25FN4O2S. The summed E-state index contributed by atoms with van der Waals surface area (Å²) in [6, 6.07) is 8.25. The number of carbonyl (C=O) groups excluding carboxylic acids is 2. The fourth-order valence-corrected chi connectivity index (χ4v) is 3.73. The summed E-state index contributed by atoms with van der Waals surface area (Å²) in [5.41, 5.74) is 1.24. The van der Waals surface area contributed by atoms with E-state index in [2.05, 4.69) is 27.1 Å². The molecule has 0 bridgehead atoms. The average Bonchev–Trinajstić information content (AvgIpc) is 2.72. The molecule has 2 aromatic rings. The molecular weight excluding hydrogens is 391 g/mol. The molecule has 1 aliphatic heterocycles. The number of rotatable bonds is 7. The van der Waals surface area contributed by atoms with E-state index in [1.165, 1.54) is 19.1 Å². The largest absolute Gasteiger partial charge is 0.354 e. The molecule has 0 saturated carbocycles. The molecule has 0 radical (unpaired) electrons. The second kappa shape index (κ2) is 9.84. The molecule has 1 saturated heterocycles. The first-order valence-corrected chi connectivity index (χ1v) is 10.5. The molecule has 1 fully saturated rings. The van der Waals surface area contributed by atoms with Gasteiger partial charge >= 0.3 is 0 Å². The number of thioether (sulfide) groups is 1. The normalized spacial score (nSPS) is 14.7. The number of Topliss-reactive ketones (excluding diaryl/α,β-unsaturated/α-hetero) is 1. The lowest BCUT2D eigenvalue weighted by atomic mass is 10.1. The number of anilines is 1. The molecule has 29 heavy (non-hydrogen) atoms. The lowest BCUT2D eigenvalue weighted by molar-refractivity contribution is -0.118. The van der Waals surface area contributed by atoms with Crippen LogP contribution in [-0.2, 0) is 11.3 Å². The summed E-state index contributed by atoms with van der Waals surface area (Å²) in [4.78, 5) is 32.8.